The predicted molar refractivity (Wildman–Crippen MR) is 61.8 cm³/mol. The topological polar surface area (TPSA) is 96.3 Å². The van der Waals surface area contributed by atoms with Crippen LogP contribution >= 0.6 is 0 Å². The highest BCUT2D eigenvalue weighted by Gasteiger charge is 2.05. The fraction of sp³-hybridized carbons (Fsp3) is 0.0714. The highest BCUT2D eigenvalue weighted by molar-refractivity contribution is 5.86. The second-order valence-corrected chi connectivity index (χ2v) is 5.02. The highest BCUT2D eigenvalue weighted by Crippen LogP contribution is 2.17. The number of hydrogen-bond donors (Lipinski definition) is 0. The van der Waals surface area contributed by atoms with Gasteiger partial charge in [-0.3, -0.25) is 0 Å². The summed E-state index contributed by atoms with van der Waals surface area (Å²) in [6.07, 6.45) is 4.28. The van der Waals surface area contributed by atoms with Crippen LogP contribution in [0.5, 0.6) is 0 Å². The lowest BCUT2D eigenvalue weighted by molar-refractivity contribution is -2.00. The van der Waals surface area contributed by atoms with E-state index >= 15 is 0 Å². The fourth-order valence-corrected chi connectivity index (χ4v) is 2.01. The summed E-state index contributed by atoms with van der Waals surface area (Å²) >= 11 is 0. The molecule has 0 bridgehead atoms. The number of fused-ring (bicyclic) bond motifs is 2. The SMILES string of the molecule is Cc1cccc2cc3cccc[n+]3cc12.[O-][Cl+3]([O-])([O-])[O-]. The third-order valence-electron chi connectivity index (χ3n) is 2.85. The van der Waals surface area contributed by atoms with Crippen LogP contribution in [0.1, 0.15) is 5.56 Å². The van der Waals surface area contributed by atoms with Gasteiger partial charge in [-0.15, -0.1) is 10.2 Å². The van der Waals surface area contributed by atoms with E-state index in [2.05, 4.69) is 66.2 Å². The van der Waals surface area contributed by atoms with E-state index in [0.29, 0.717) is 0 Å². The second-order valence-electron chi connectivity index (χ2n) is 4.26. The minimum absolute atomic E-state index is 1.23. The summed E-state index contributed by atoms with van der Waals surface area (Å²) in [7, 11) is -4.94. The van der Waals surface area contributed by atoms with E-state index < -0.39 is 10.2 Å². The first kappa shape index (κ1) is 14.6. The molecule has 0 saturated heterocycles. The highest BCUT2D eigenvalue weighted by atomic mass is 35.7. The molecule has 3 aromatic rings. The van der Waals surface area contributed by atoms with Gasteiger partial charge in [0.15, 0.2) is 12.4 Å². The van der Waals surface area contributed by atoms with Crippen LogP contribution in [0.25, 0.3) is 16.3 Å². The van der Waals surface area contributed by atoms with Crippen molar-refractivity contribution in [1.82, 2.24) is 0 Å². The van der Waals surface area contributed by atoms with Gasteiger partial charge in [0.05, 0.1) is 0 Å². The van der Waals surface area contributed by atoms with Crippen LogP contribution in [-0.2, 0) is 0 Å². The Balaban J connectivity index is 0.000000257. The fourth-order valence-electron chi connectivity index (χ4n) is 2.01. The van der Waals surface area contributed by atoms with Gasteiger partial charge >= 0.3 is 0 Å². The van der Waals surface area contributed by atoms with Crippen LogP contribution in [0.15, 0.2) is 54.9 Å². The maximum absolute atomic E-state index is 8.49. The van der Waals surface area contributed by atoms with Crippen LogP contribution in [0.4, 0.5) is 0 Å². The molecule has 0 spiro atoms. The molecule has 0 aliphatic heterocycles. The van der Waals surface area contributed by atoms with Crippen LogP contribution in [0.2, 0.25) is 0 Å². The molecule has 104 valence electrons. The van der Waals surface area contributed by atoms with Gasteiger partial charge in [-0.2, -0.15) is 4.40 Å². The number of aryl methyl sites for hydroxylation is 1. The van der Waals surface area contributed by atoms with Gasteiger partial charge < -0.3 is 0 Å². The molecule has 0 unspecified atom stereocenters. The van der Waals surface area contributed by atoms with E-state index in [0.717, 1.165) is 0 Å². The maximum atomic E-state index is 8.49. The van der Waals surface area contributed by atoms with Gasteiger partial charge in [0.1, 0.15) is 0 Å². The lowest BCUT2D eigenvalue weighted by atomic mass is 10.1. The maximum Gasteiger partial charge on any atom is 0.211 e. The van der Waals surface area contributed by atoms with Crippen molar-refractivity contribution in [3.05, 3.63) is 60.4 Å². The van der Waals surface area contributed by atoms with Gasteiger partial charge in [0.25, 0.3) is 0 Å². The van der Waals surface area contributed by atoms with E-state index in [-0.39, 0.29) is 0 Å². The molecule has 6 heteroatoms. The minimum Gasteiger partial charge on any atom is -0.222 e. The van der Waals surface area contributed by atoms with Gasteiger partial charge in [-0.25, -0.2) is 18.6 Å². The normalized spacial score (nSPS) is 11.2. The lowest BCUT2D eigenvalue weighted by Gasteiger charge is -2.17. The van der Waals surface area contributed by atoms with E-state index in [1.165, 1.54) is 21.9 Å². The van der Waals surface area contributed by atoms with E-state index in [1.54, 1.807) is 0 Å². The van der Waals surface area contributed by atoms with Crippen LogP contribution < -0.4 is 23.0 Å². The summed E-state index contributed by atoms with van der Waals surface area (Å²) in [5.41, 5.74) is 2.56. The summed E-state index contributed by atoms with van der Waals surface area (Å²) in [4.78, 5) is 0. The third-order valence-corrected chi connectivity index (χ3v) is 2.85. The van der Waals surface area contributed by atoms with Crippen LogP contribution in [-0.4, -0.2) is 0 Å². The summed E-state index contributed by atoms with van der Waals surface area (Å²) in [5, 5.41) is 2.63. The van der Waals surface area contributed by atoms with Crippen molar-refractivity contribution >= 4 is 16.3 Å². The number of pyridine rings is 2. The summed E-state index contributed by atoms with van der Waals surface area (Å²) in [6, 6.07) is 14.9. The lowest BCUT2D eigenvalue weighted by Crippen LogP contribution is -2.68. The molecule has 0 atom stereocenters. The van der Waals surface area contributed by atoms with Crippen LogP contribution in [0.3, 0.4) is 0 Å². The van der Waals surface area contributed by atoms with Crippen molar-refractivity contribution in [2.45, 2.75) is 6.92 Å². The Kier molecular flexibility index (Phi) is 4.17. The number of hydrogen-bond acceptors (Lipinski definition) is 4. The summed E-state index contributed by atoms with van der Waals surface area (Å²) in [6.45, 7) is 2.15. The molecule has 2 aromatic heterocycles. The molecule has 0 amide bonds. The molecular formula is C14H12ClNO4. The van der Waals surface area contributed by atoms with Crippen molar-refractivity contribution < 1.29 is 33.3 Å². The zero-order valence-electron chi connectivity index (χ0n) is 10.7. The van der Waals surface area contributed by atoms with Gasteiger partial charge in [-0.05, 0) is 23.9 Å². The molecular weight excluding hydrogens is 282 g/mol. The smallest absolute Gasteiger partial charge is 0.211 e. The Hall–Kier alpha value is -1.76. The minimum atomic E-state index is -4.94. The number of benzene rings is 1. The molecule has 0 aliphatic carbocycles. The van der Waals surface area contributed by atoms with Gasteiger partial charge in [0, 0.05) is 23.6 Å². The Labute approximate surface area is 117 Å². The van der Waals surface area contributed by atoms with E-state index in [1.807, 2.05) is 0 Å². The zero-order chi connectivity index (χ0) is 14.8. The Bertz CT molecular complexity index is 734. The monoisotopic (exact) mass is 293 g/mol. The number of rotatable bonds is 0. The summed E-state index contributed by atoms with van der Waals surface area (Å²) < 4.78 is 36.1. The third kappa shape index (κ3) is 3.86. The quantitative estimate of drug-likeness (QED) is 0.358. The molecule has 0 saturated carbocycles. The Morgan fingerprint density at radius 1 is 0.950 bits per heavy atom. The van der Waals surface area contributed by atoms with Crippen LogP contribution in [0, 0.1) is 17.2 Å². The first-order chi connectivity index (χ1) is 9.34. The zero-order valence-corrected chi connectivity index (χ0v) is 11.4. The van der Waals surface area contributed by atoms with E-state index in [4.69, 9.17) is 18.6 Å². The molecule has 1 aromatic carbocycles. The molecule has 3 rings (SSSR count). The van der Waals surface area contributed by atoms with Crippen molar-refractivity contribution in [2.75, 3.05) is 0 Å². The molecule has 20 heavy (non-hydrogen) atoms. The molecule has 0 fully saturated rings. The largest absolute Gasteiger partial charge is 0.222 e. The average molecular weight is 294 g/mol. The van der Waals surface area contributed by atoms with Gasteiger partial charge in [0.2, 0.25) is 5.52 Å². The molecule has 0 aliphatic rings. The van der Waals surface area contributed by atoms with Crippen molar-refractivity contribution in [3.8, 4) is 0 Å². The number of aromatic nitrogens is 1. The first-order valence-corrected chi connectivity index (χ1v) is 6.99. The van der Waals surface area contributed by atoms with Crippen molar-refractivity contribution in [3.63, 3.8) is 0 Å². The molecule has 2 heterocycles. The molecule has 0 N–H and O–H groups in total. The summed E-state index contributed by atoms with van der Waals surface area (Å²) in [5.74, 6) is 0. The molecule has 5 nitrogen and oxygen atoms in total. The first-order valence-electron chi connectivity index (χ1n) is 5.76. The number of halogens is 1. The average Bonchev–Trinajstić information content (AvgIpc) is 2.35. The second kappa shape index (κ2) is 5.70. The Morgan fingerprint density at radius 3 is 2.35 bits per heavy atom. The standard InChI is InChI=1S/C14H12N.ClHO4/c1-11-5-4-6-12-9-13-7-2-3-8-15(13)10-14(11)12;2-1(3,4)5/h2-10H,1H3;(H,2,3,4,5)/q+1;/p-1. The Morgan fingerprint density at radius 2 is 1.65 bits per heavy atom. The number of nitrogens with zero attached hydrogens (tertiary/aromatic N) is 1. The molecule has 0 radical (unpaired) electrons. The van der Waals surface area contributed by atoms with Crippen molar-refractivity contribution in [1.29, 1.82) is 0 Å². The van der Waals surface area contributed by atoms with Gasteiger partial charge in [-0.1, -0.05) is 18.2 Å². The van der Waals surface area contributed by atoms with E-state index in [9.17, 15) is 0 Å². The van der Waals surface area contributed by atoms with Crippen molar-refractivity contribution in [2.24, 2.45) is 0 Å². The predicted octanol–water partition coefficient (Wildman–Crippen LogP) is -1.87.